The quantitative estimate of drug-likeness (QED) is 0.236. The molecule has 6 N–H and O–H groups in total. The number of carbonyl (C=O) groups excluding carboxylic acids is 4. The summed E-state index contributed by atoms with van der Waals surface area (Å²) in [6, 6.07) is -3.69. The Labute approximate surface area is 193 Å². The van der Waals surface area contributed by atoms with E-state index in [-0.39, 0.29) is 12.8 Å². The Kier molecular flexibility index (Phi) is 5.21. The number of aliphatic hydroxyl groups excluding tert-OH is 4. The maximum atomic E-state index is 13.1. The van der Waals surface area contributed by atoms with Gasteiger partial charge in [-0.15, -0.1) is 0 Å². The molecule has 4 aliphatic heterocycles. The van der Waals surface area contributed by atoms with Gasteiger partial charge in [-0.25, -0.2) is 9.59 Å². The van der Waals surface area contributed by atoms with E-state index < -0.39 is 96.9 Å². The Morgan fingerprint density at radius 1 is 0.794 bits per heavy atom. The number of urea groups is 2. The molecule has 1 saturated carbocycles. The van der Waals surface area contributed by atoms with E-state index in [1.54, 1.807) is 0 Å². The van der Waals surface area contributed by atoms with Crippen LogP contribution in [0.25, 0.3) is 0 Å². The molecule has 14 heteroatoms. The fourth-order valence-corrected chi connectivity index (χ4v) is 6.31. The predicted molar refractivity (Wildman–Crippen MR) is 107 cm³/mol. The molecule has 4 heterocycles. The maximum Gasteiger partial charge on any atom is 0.326 e. The fraction of sp³-hybridized carbons (Fsp3) is 0.800. The van der Waals surface area contributed by atoms with E-state index in [1.807, 2.05) is 0 Å². The van der Waals surface area contributed by atoms with Gasteiger partial charge in [-0.3, -0.25) is 30.0 Å². The molecule has 5 rings (SSSR count). The van der Waals surface area contributed by atoms with E-state index in [9.17, 15) is 39.6 Å². The van der Waals surface area contributed by atoms with Crippen molar-refractivity contribution >= 4 is 23.9 Å². The van der Waals surface area contributed by atoms with Gasteiger partial charge in [-0.2, -0.15) is 0 Å². The zero-order chi connectivity index (χ0) is 24.7. The molecule has 1 aliphatic carbocycles. The van der Waals surface area contributed by atoms with Crippen molar-refractivity contribution in [1.29, 1.82) is 0 Å². The van der Waals surface area contributed by atoms with Crippen molar-refractivity contribution < 1.29 is 49.1 Å². The Morgan fingerprint density at radius 3 is 1.44 bits per heavy atom. The van der Waals surface area contributed by atoms with E-state index in [2.05, 4.69) is 10.6 Å². The number of aliphatic hydroxyl groups is 4. The molecule has 4 saturated heterocycles. The smallest absolute Gasteiger partial charge is 0.326 e. The molecule has 0 aromatic heterocycles. The summed E-state index contributed by atoms with van der Waals surface area (Å²) in [4.78, 5) is 54.7. The third-order valence-corrected chi connectivity index (χ3v) is 8.40. The summed E-state index contributed by atoms with van der Waals surface area (Å²) in [5.41, 5.74) is -2.96. The molecule has 10 atom stereocenters. The first-order valence-corrected chi connectivity index (χ1v) is 11.2. The zero-order valence-electron chi connectivity index (χ0n) is 18.6. The zero-order valence-corrected chi connectivity index (χ0v) is 18.6. The minimum absolute atomic E-state index is 0.0474. The van der Waals surface area contributed by atoms with E-state index in [0.29, 0.717) is 0 Å². The molecule has 5 aliphatic rings. The van der Waals surface area contributed by atoms with Crippen molar-refractivity contribution in [3.8, 4) is 0 Å². The van der Waals surface area contributed by atoms with Crippen molar-refractivity contribution in [2.24, 2.45) is 10.8 Å². The second-order valence-corrected chi connectivity index (χ2v) is 9.86. The third kappa shape index (κ3) is 2.71. The minimum Gasteiger partial charge on any atom is -0.394 e. The summed E-state index contributed by atoms with van der Waals surface area (Å²) in [7, 11) is 0. The van der Waals surface area contributed by atoms with Gasteiger partial charge in [0.05, 0.1) is 48.3 Å². The average Bonchev–Trinajstić information content (AvgIpc) is 3.34. The molecule has 2 unspecified atom stereocenters. The average molecular weight is 484 g/mol. The molecule has 6 amide bonds. The van der Waals surface area contributed by atoms with E-state index >= 15 is 0 Å². The number of nitrogens with one attached hydrogen (secondary N) is 2. The van der Waals surface area contributed by atoms with Crippen LogP contribution in [0.5, 0.6) is 0 Å². The van der Waals surface area contributed by atoms with Gasteiger partial charge in [0.1, 0.15) is 24.7 Å². The first kappa shape index (κ1) is 23.4. The first-order valence-electron chi connectivity index (χ1n) is 11.2. The molecular weight excluding hydrogens is 456 g/mol. The van der Waals surface area contributed by atoms with Crippen LogP contribution in [0, 0.1) is 10.8 Å². The molecule has 0 aromatic rings. The second kappa shape index (κ2) is 7.57. The van der Waals surface area contributed by atoms with Gasteiger partial charge >= 0.3 is 12.1 Å². The molecule has 5 fully saturated rings. The van der Waals surface area contributed by atoms with Crippen molar-refractivity contribution in [3.05, 3.63) is 0 Å². The molecule has 0 aromatic carbocycles. The number of fused-ring (bicyclic) bond motifs is 4. The normalized spacial score (nSPS) is 48.3. The number of hydrogen-bond acceptors (Lipinski definition) is 10. The molecule has 188 valence electrons. The highest BCUT2D eigenvalue weighted by atomic mass is 16.6. The Hall–Kier alpha value is -2.36. The lowest BCUT2D eigenvalue weighted by Gasteiger charge is -2.72. The monoisotopic (exact) mass is 484 g/mol. The van der Waals surface area contributed by atoms with Gasteiger partial charge in [0.2, 0.25) is 11.8 Å². The lowest BCUT2D eigenvalue weighted by Crippen LogP contribution is -2.92. The lowest BCUT2D eigenvalue weighted by atomic mass is 9.42. The van der Waals surface area contributed by atoms with Crippen LogP contribution < -0.4 is 10.6 Å². The fourth-order valence-electron chi connectivity index (χ4n) is 6.31. The third-order valence-electron chi connectivity index (χ3n) is 8.40. The van der Waals surface area contributed by atoms with Gasteiger partial charge in [0.25, 0.3) is 0 Å². The number of nitrogens with zero attached hydrogens (tertiary/aromatic N) is 2. The summed E-state index contributed by atoms with van der Waals surface area (Å²) >= 11 is 0. The van der Waals surface area contributed by atoms with Gasteiger partial charge < -0.3 is 29.9 Å². The molecule has 14 nitrogen and oxygen atoms in total. The summed E-state index contributed by atoms with van der Waals surface area (Å²) in [5, 5.41) is 43.9. The van der Waals surface area contributed by atoms with Crippen LogP contribution in [0.1, 0.15) is 26.7 Å². The maximum absolute atomic E-state index is 13.1. The Balaban J connectivity index is 1.57. The number of imide groups is 2. The SMILES string of the molecule is CC12C(=O)NC(=O)N([C@H]3C[C@H](O)[C@@H](CO)O3)[C@H]1[C@H]1N([C@H]3C[C@H](O)[C@@H](CO)O3)C(=O)NC(=O)C12C. The van der Waals surface area contributed by atoms with Gasteiger partial charge in [0.15, 0.2) is 0 Å². The number of carbonyl (C=O) groups is 4. The van der Waals surface area contributed by atoms with E-state index in [4.69, 9.17) is 9.47 Å². The Bertz CT molecular complexity index is 874. The van der Waals surface area contributed by atoms with E-state index in [0.717, 1.165) is 0 Å². The summed E-state index contributed by atoms with van der Waals surface area (Å²) in [6.45, 7) is 2.07. The topological polar surface area (TPSA) is 198 Å². The van der Waals surface area contributed by atoms with Crippen LogP contribution in [0.3, 0.4) is 0 Å². The second-order valence-electron chi connectivity index (χ2n) is 9.86. The first-order chi connectivity index (χ1) is 16.0. The van der Waals surface area contributed by atoms with Crippen LogP contribution in [-0.4, -0.2) is 116 Å². The summed E-state index contributed by atoms with van der Waals surface area (Å²) in [5.74, 6) is -1.39. The van der Waals surface area contributed by atoms with Gasteiger partial charge in [0, 0.05) is 12.8 Å². The minimum atomic E-state index is -1.48. The lowest BCUT2D eigenvalue weighted by molar-refractivity contribution is -0.242. The van der Waals surface area contributed by atoms with Crippen LogP contribution in [-0.2, 0) is 19.1 Å². The molecule has 0 radical (unpaired) electrons. The molecular formula is C20H28N4O10. The largest absolute Gasteiger partial charge is 0.394 e. The van der Waals surface area contributed by atoms with Crippen LogP contribution in [0.15, 0.2) is 0 Å². The predicted octanol–water partition coefficient (Wildman–Crippen LogP) is -3.21. The number of hydrogen-bond donors (Lipinski definition) is 6. The van der Waals surface area contributed by atoms with E-state index in [1.165, 1.54) is 23.6 Å². The highest BCUT2D eigenvalue weighted by molar-refractivity contribution is 6.10. The Morgan fingerprint density at radius 2 is 1.15 bits per heavy atom. The summed E-state index contributed by atoms with van der Waals surface area (Å²) < 4.78 is 11.4. The van der Waals surface area contributed by atoms with Crippen molar-refractivity contribution in [3.63, 3.8) is 0 Å². The molecule has 0 spiro atoms. The van der Waals surface area contributed by atoms with Gasteiger partial charge in [-0.1, -0.05) is 0 Å². The van der Waals surface area contributed by atoms with Crippen LogP contribution in [0.2, 0.25) is 0 Å². The molecule has 34 heavy (non-hydrogen) atoms. The van der Waals surface area contributed by atoms with Crippen LogP contribution in [0.4, 0.5) is 9.59 Å². The highest BCUT2D eigenvalue weighted by Gasteiger charge is 2.82. The number of ether oxygens (including phenoxy) is 2. The summed E-state index contributed by atoms with van der Waals surface area (Å²) in [6.07, 6.45) is -6.18. The van der Waals surface area contributed by atoms with Crippen molar-refractivity contribution in [1.82, 2.24) is 20.4 Å². The number of rotatable bonds is 4. The van der Waals surface area contributed by atoms with Crippen molar-refractivity contribution in [2.45, 2.75) is 75.6 Å². The van der Waals surface area contributed by atoms with Gasteiger partial charge in [-0.05, 0) is 13.8 Å². The van der Waals surface area contributed by atoms with Crippen LogP contribution >= 0.6 is 0 Å². The van der Waals surface area contributed by atoms with Crippen molar-refractivity contribution in [2.75, 3.05) is 13.2 Å². The number of amides is 6. The molecule has 0 bridgehead atoms. The standard InChI is InChI=1S/C20H28N4O10/c1-19-13(23(17(31)21-15(19)29)11-3-7(27)9(5-25)33-11)14-20(19,2)16(30)22-18(32)24(14)12-4-8(28)10(6-26)34-12/h7-14,25-28H,3-6H2,1-2H3,(H,21,29,31)(H,22,30,32)/t7-,8-,9+,10+,11+,12+,13-,14+,19?,20?/m0/s1. The highest BCUT2D eigenvalue weighted by Crippen LogP contribution is 2.64.